The Hall–Kier alpha value is -2.82. The lowest BCUT2D eigenvalue weighted by Gasteiger charge is -2.31. The molecule has 0 aromatic heterocycles. The van der Waals surface area contributed by atoms with Crippen LogP contribution in [-0.2, 0) is 21.5 Å². The van der Waals surface area contributed by atoms with Crippen LogP contribution in [0.25, 0.3) is 0 Å². The molecule has 0 saturated heterocycles. The highest BCUT2D eigenvalue weighted by molar-refractivity contribution is 5.88. The number of nitrogens with one attached hydrogen (secondary N) is 1. The molecule has 0 heterocycles. The average molecular weight is 465 g/mol. The van der Waals surface area contributed by atoms with E-state index >= 15 is 0 Å². The van der Waals surface area contributed by atoms with Crippen molar-refractivity contribution in [1.82, 2.24) is 10.2 Å². The van der Waals surface area contributed by atoms with Crippen molar-refractivity contribution in [2.24, 2.45) is 0 Å². The number of ether oxygens (including phenoxy) is 1. The first kappa shape index (κ1) is 25.8. The van der Waals surface area contributed by atoms with Gasteiger partial charge in [-0.15, -0.1) is 0 Å². The second-order valence-corrected chi connectivity index (χ2v) is 10.6. The molecule has 0 aliphatic heterocycles. The summed E-state index contributed by atoms with van der Waals surface area (Å²) in [7, 11) is 0. The third-order valence-corrected chi connectivity index (χ3v) is 6.68. The van der Waals surface area contributed by atoms with E-state index in [1.54, 1.807) is 4.90 Å². The topological polar surface area (TPSA) is 58.6 Å². The molecule has 184 valence electrons. The summed E-state index contributed by atoms with van der Waals surface area (Å²) in [5.41, 5.74) is 3.41. The molecule has 5 heteroatoms. The Labute approximate surface area is 204 Å². The van der Waals surface area contributed by atoms with Gasteiger partial charge in [0.1, 0.15) is 11.8 Å². The van der Waals surface area contributed by atoms with Crippen LogP contribution in [0.4, 0.5) is 0 Å². The normalized spacial score (nSPS) is 15.4. The van der Waals surface area contributed by atoms with Gasteiger partial charge in [0.25, 0.3) is 5.91 Å². The molecule has 2 amide bonds. The molecule has 0 unspecified atom stereocenters. The minimum atomic E-state index is -0.581. The smallest absolute Gasteiger partial charge is 0.261 e. The van der Waals surface area contributed by atoms with Crippen molar-refractivity contribution in [3.63, 3.8) is 0 Å². The largest absolute Gasteiger partial charge is 0.484 e. The fraction of sp³-hybridized carbons (Fsp3) is 0.517. The van der Waals surface area contributed by atoms with Crippen LogP contribution in [0.15, 0.2) is 48.5 Å². The van der Waals surface area contributed by atoms with Gasteiger partial charge < -0.3 is 15.0 Å². The first-order valence-electron chi connectivity index (χ1n) is 12.5. The van der Waals surface area contributed by atoms with E-state index in [9.17, 15) is 9.59 Å². The molecule has 0 radical (unpaired) electrons. The lowest BCUT2D eigenvalue weighted by Crippen LogP contribution is -2.51. The van der Waals surface area contributed by atoms with Crippen LogP contribution in [0.2, 0.25) is 0 Å². The van der Waals surface area contributed by atoms with Crippen LogP contribution in [-0.4, -0.2) is 35.4 Å². The molecular formula is C29H40N2O3. The van der Waals surface area contributed by atoms with Crippen molar-refractivity contribution < 1.29 is 14.3 Å². The Kier molecular flexibility index (Phi) is 8.76. The number of rotatable bonds is 8. The van der Waals surface area contributed by atoms with Crippen LogP contribution >= 0.6 is 0 Å². The van der Waals surface area contributed by atoms with Crippen LogP contribution in [0, 0.1) is 6.92 Å². The third-order valence-electron chi connectivity index (χ3n) is 6.68. The van der Waals surface area contributed by atoms with Gasteiger partial charge in [0.05, 0.1) is 0 Å². The first-order valence-corrected chi connectivity index (χ1v) is 12.5. The molecule has 1 saturated carbocycles. The van der Waals surface area contributed by atoms with Gasteiger partial charge in [-0.3, -0.25) is 9.59 Å². The maximum Gasteiger partial charge on any atom is 0.261 e. The molecule has 2 aromatic carbocycles. The summed E-state index contributed by atoms with van der Waals surface area (Å²) in [5.74, 6) is 0.351. The number of nitrogens with zero attached hydrogens (tertiary/aromatic N) is 1. The molecule has 1 atom stereocenters. The number of carbonyl (C=O) groups excluding carboxylic acids is 2. The molecule has 0 bridgehead atoms. The van der Waals surface area contributed by atoms with E-state index < -0.39 is 6.04 Å². The number of carbonyl (C=O) groups is 2. The highest BCUT2D eigenvalue weighted by Gasteiger charge is 2.28. The van der Waals surface area contributed by atoms with Gasteiger partial charge in [-0.2, -0.15) is 0 Å². The van der Waals surface area contributed by atoms with Gasteiger partial charge in [0, 0.05) is 12.6 Å². The molecule has 0 spiro atoms. The maximum absolute atomic E-state index is 13.3. The summed E-state index contributed by atoms with van der Waals surface area (Å²) >= 11 is 0. The monoisotopic (exact) mass is 464 g/mol. The summed E-state index contributed by atoms with van der Waals surface area (Å²) in [6.07, 6.45) is 5.55. The van der Waals surface area contributed by atoms with Crippen molar-refractivity contribution in [3.05, 3.63) is 65.2 Å². The van der Waals surface area contributed by atoms with Crippen molar-refractivity contribution in [1.29, 1.82) is 0 Å². The Morgan fingerprint density at radius 1 is 1.00 bits per heavy atom. The molecule has 1 N–H and O–H groups in total. The fourth-order valence-electron chi connectivity index (χ4n) is 4.32. The summed E-state index contributed by atoms with van der Waals surface area (Å²) in [6, 6.07) is 15.6. The zero-order chi connectivity index (χ0) is 24.7. The summed E-state index contributed by atoms with van der Waals surface area (Å²) in [6.45, 7) is 10.6. The predicted molar refractivity (Wildman–Crippen MR) is 137 cm³/mol. The van der Waals surface area contributed by atoms with Crippen LogP contribution in [0.5, 0.6) is 5.75 Å². The standard InChI is InChI=1S/C29H40N2O3/c1-21-11-13-23(14-12-21)19-31(22(2)28(33)30-25-9-7-6-8-10-25)27(32)20-34-26-17-15-24(16-18-26)29(3,4)5/h11-18,22,25H,6-10,19-20H2,1-5H3,(H,30,33)/t22-/m0/s1. The van der Waals surface area contributed by atoms with Gasteiger partial charge in [-0.25, -0.2) is 0 Å². The van der Waals surface area contributed by atoms with E-state index in [1.807, 2.05) is 62.4 Å². The molecule has 2 aromatic rings. The van der Waals surface area contributed by atoms with Crippen LogP contribution < -0.4 is 10.1 Å². The van der Waals surface area contributed by atoms with E-state index in [1.165, 1.54) is 12.0 Å². The number of benzene rings is 2. The van der Waals surface area contributed by atoms with Crippen molar-refractivity contribution in [2.75, 3.05) is 6.61 Å². The van der Waals surface area contributed by atoms with Gasteiger partial charge in [-0.05, 0) is 55.4 Å². The molecule has 1 aliphatic rings. The van der Waals surface area contributed by atoms with E-state index in [0.29, 0.717) is 12.3 Å². The van der Waals surface area contributed by atoms with Gasteiger partial charge in [0.2, 0.25) is 5.91 Å². The minimum absolute atomic E-state index is 0.0559. The first-order chi connectivity index (χ1) is 16.1. The Bertz CT molecular complexity index is 939. The Morgan fingerprint density at radius 2 is 1.62 bits per heavy atom. The number of aryl methyl sites for hydroxylation is 1. The van der Waals surface area contributed by atoms with E-state index in [0.717, 1.165) is 36.8 Å². The number of hydrogen-bond acceptors (Lipinski definition) is 3. The minimum Gasteiger partial charge on any atom is -0.484 e. The highest BCUT2D eigenvalue weighted by Crippen LogP contribution is 2.24. The maximum atomic E-state index is 13.3. The predicted octanol–water partition coefficient (Wildman–Crippen LogP) is 5.54. The number of hydrogen-bond donors (Lipinski definition) is 1. The van der Waals surface area contributed by atoms with Crippen LogP contribution in [0.3, 0.4) is 0 Å². The van der Waals surface area contributed by atoms with Gasteiger partial charge >= 0.3 is 0 Å². The fourth-order valence-corrected chi connectivity index (χ4v) is 4.32. The SMILES string of the molecule is Cc1ccc(CN(C(=O)COc2ccc(C(C)(C)C)cc2)[C@@H](C)C(=O)NC2CCCCC2)cc1. The second kappa shape index (κ2) is 11.5. The lowest BCUT2D eigenvalue weighted by molar-refractivity contribution is -0.142. The van der Waals surface area contributed by atoms with E-state index in [2.05, 4.69) is 26.1 Å². The van der Waals surface area contributed by atoms with Crippen molar-refractivity contribution >= 4 is 11.8 Å². The molecular weight excluding hydrogens is 424 g/mol. The molecule has 34 heavy (non-hydrogen) atoms. The molecule has 1 aliphatic carbocycles. The summed E-state index contributed by atoms with van der Waals surface area (Å²) in [4.78, 5) is 28.0. The zero-order valence-electron chi connectivity index (χ0n) is 21.4. The van der Waals surface area contributed by atoms with Gasteiger partial charge in [-0.1, -0.05) is 82.0 Å². The zero-order valence-corrected chi connectivity index (χ0v) is 21.4. The van der Waals surface area contributed by atoms with E-state index in [-0.39, 0.29) is 29.9 Å². The molecule has 1 fully saturated rings. The van der Waals surface area contributed by atoms with Gasteiger partial charge in [0.15, 0.2) is 6.61 Å². The summed E-state index contributed by atoms with van der Waals surface area (Å²) in [5, 5.41) is 3.17. The van der Waals surface area contributed by atoms with Crippen LogP contribution in [0.1, 0.15) is 76.5 Å². The molecule has 5 nitrogen and oxygen atoms in total. The number of amides is 2. The molecule has 3 rings (SSSR count). The quantitative estimate of drug-likeness (QED) is 0.558. The lowest BCUT2D eigenvalue weighted by atomic mass is 9.87. The average Bonchev–Trinajstić information content (AvgIpc) is 2.82. The van der Waals surface area contributed by atoms with E-state index in [4.69, 9.17) is 4.74 Å². The third kappa shape index (κ3) is 7.34. The van der Waals surface area contributed by atoms with Crippen molar-refractivity contribution in [3.8, 4) is 5.75 Å². The summed E-state index contributed by atoms with van der Waals surface area (Å²) < 4.78 is 5.83. The van der Waals surface area contributed by atoms with Crippen molar-refractivity contribution in [2.45, 2.75) is 90.8 Å². The Balaban J connectivity index is 1.69. The highest BCUT2D eigenvalue weighted by atomic mass is 16.5. The Morgan fingerprint density at radius 3 is 2.21 bits per heavy atom. The second-order valence-electron chi connectivity index (χ2n) is 10.6.